The van der Waals surface area contributed by atoms with Crippen molar-refractivity contribution >= 4 is 44.1 Å². The van der Waals surface area contributed by atoms with Crippen LogP contribution in [0.3, 0.4) is 0 Å². The fraction of sp³-hybridized carbons (Fsp3) is 0.222. The van der Waals surface area contributed by atoms with Crippen LogP contribution in [0.2, 0.25) is 5.02 Å². The smallest absolute Gasteiger partial charge is 0.243 e. The van der Waals surface area contributed by atoms with Crippen molar-refractivity contribution < 1.29 is 8.42 Å². The summed E-state index contributed by atoms with van der Waals surface area (Å²) < 4.78 is 30.0. The molecule has 0 spiro atoms. The number of aromatic nitrogens is 4. The van der Waals surface area contributed by atoms with Gasteiger partial charge in [0.15, 0.2) is 11.5 Å². The van der Waals surface area contributed by atoms with Crippen LogP contribution in [0.4, 0.5) is 5.95 Å². The average molecular weight is 533 g/mol. The van der Waals surface area contributed by atoms with Gasteiger partial charge in [-0.25, -0.2) is 17.8 Å². The van der Waals surface area contributed by atoms with Crippen LogP contribution in [0.1, 0.15) is 11.1 Å². The van der Waals surface area contributed by atoms with Crippen molar-refractivity contribution in [2.24, 2.45) is 0 Å². The number of hydrogen-bond donors (Lipinski definition) is 0. The van der Waals surface area contributed by atoms with Gasteiger partial charge in [0, 0.05) is 42.2 Å². The Morgan fingerprint density at radius 1 is 0.838 bits per heavy atom. The van der Waals surface area contributed by atoms with Gasteiger partial charge >= 0.3 is 0 Å². The summed E-state index contributed by atoms with van der Waals surface area (Å²) in [6, 6.07) is 20.6. The van der Waals surface area contributed by atoms with Crippen LogP contribution in [-0.2, 0) is 10.0 Å². The third-order valence-electron chi connectivity index (χ3n) is 6.74. The number of halogens is 1. The molecule has 10 heteroatoms. The summed E-state index contributed by atoms with van der Waals surface area (Å²) in [6.45, 7) is 5.62. The van der Waals surface area contributed by atoms with Crippen LogP contribution >= 0.6 is 11.6 Å². The second-order valence-electron chi connectivity index (χ2n) is 9.33. The van der Waals surface area contributed by atoms with Gasteiger partial charge in [-0.3, -0.25) is 0 Å². The van der Waals surface area contributed by atoms with Crippen LogP contribution in [0.5, 0.6) is 0 Å². The van der Waals surface area contributed by atoms with Gasteiger partial charge in [-0.1, -0.05) is 53.1 Å². The third kappa shape index (κ3) is 4.22. The van der Waals surface area contributed by atoms with Crippen LogP contribution in [0.25, 0.3) is 27.9 Å². The standard InChI is InChI=1S/C27H25ClN6O2S/c1-18-6-9-22(10-7-18)37(35,36)33-14-12-32(13-15-33)27-29-24-17-21(28)8-11-23(24)26-31-30-25(34(26)27)20-5-3-4-19(2)16-20/h3-11,16-17H,12-15H2,1-2H3. The monoisotopic (exact) mass is 532 g/mol. The molecule has 37 heavy (non-hydrogen) atoms. The first-order chi connectivity index (χ1) is 17.8. The molecule has 1 aliphatic heterocycles. The van der Waals surface area contributed by atoms with Gasteiger partial charge in [-0.05, 0) is 50.2 Å². The largest absolute Gasteiger partial charge is 0.339 e. The lowest BCUT2D eigenvalue weighted by Crippen LogP contribution is -2.49. The van der Waals surface area contributed by atoms with Crippen molar-refractivity contribution in [3.8, 4) is 11.4 Å². The van der Waals surface area contributed by atoms with Gasteiger partial charge in [0.2, 0.25) is 16.0 Å². The number of anilines is 1. The molecule has 2 aromatic heterocycles. The molecule has 6 rings (SSSR count). The summed E-state index contributed by atoms with van der Waals surface area (Å²) in [5.41, 5.74) is 4.47. The van der Waals surface area contributed by atoms with Crippen molar-refractivity contribution in [3.05, 3.63) is 82.9 Å². The molecule has 1 saturated heterocycles. The van der Waals surface area contributed by atoms with E-state index in [4.69, 9.17) is 16.6 Å². The number of piperazine rings is 1. The molecule has 0 atom stereocenters. The zero-order valence-corrected chi connectivity index (χ0v) is 22.0. The number of hydrogen-bond acceptors (Lipinski definition) is 6. The normalized spacial score (nSPS) is 15.1. The minimum Gasteiger partial charge on any atom is -0.339 e. The van der Waals surface area contributed by atoms with E-state index in [1.54, 1.807) is 12.1 Å². The van der Waals surface area contributed by atoms with E-state index in [9.17, 15) is 8.42 Å². The highest BCUT2D eigenvalue weighted by Crippen LogP contribution is 2.31. The molecule has 0 unspecified atom stereocenters. The Morgan fingerprint density at radius 2 is 1.59 bits per heavy atom. The van der Waals surface area contributed by atoms with Crippen LogP contribution in [0, 0.1) is 13.8 Å². The minimum absolute atomic E-state index is 0.313. The summed E-state index contributed by atoms with van der Waals surface area (Å²) in [6.07, 6.45) is 0. The first kappa shape index (κ1) is 23.8. The van der Waals surface area contributed by atoms with Gasteiger partial charge < -0.3 is 4.90 Å². The molecule has 188 valence electrons. The molecular weight excluding hydrogens is 508 g/mol. The van der Waals surface area contributed by atoms with E-state index < -0.39 is 10.0 Å². The number of sulfonamides is 1. The molecule has 0 amide bonds. The predicted molar refractivity (Wildman–Crippen MR) is 146 cm³/mol. The number of fused-ring (bicyclic) bond motifs is 3. The van der Waals surface area contributed by atoms with E-state index in [0.29, 0.717) is 59.0 Å². The second kappa shape index (κ2) is 9.09. The summed E-state index contributed by atoms with van der Waals surface area (Å²) in [4.78, 5) is 7.39. The summed E-state index contributed by atoms with van der Waals surface area (Å²) in [5, 5.41) is 10.5. The van der Waals surface area contributed by atoms with Crippen molar-refractivity contribution in [3.63, 3.8) is 0 Å². The van der Waals surface area contributed by atoms with Gasteiger partial charge in [0.1, 0.15) is 0 Å². The fourth-order valence-electron chi connectivity index (χ4n) is 4.76. The van der Waals surface area contributed by atoms with E-state index in [1.165, 1.54) is 4.31 Å². The lowest BCUT2D eigenvalue weighted by atomic mass is 10.1. The third-order valence-corrected chi connectivity index (χ3v) is 8.89. The minimum atomic E-state index is -3.57. The number of nitrogens with zero attached hydrogens (tertiary/aromatic N) is 6. The SMILES string of the molecule is Cc1ccc(S(=O)(=O)N2CCN(c3nc4cc(Cl)ccc4c4nnc(-c5cccc(C)c5)n34)CC2)cc1. The Bertz CT molecular complexity index is 1740. The summed E-state index contributed by atoms with van der Waals surface area (Å²) >= 11 is 6.29. The molecule has 1 fully saturated rings. The van der Waals surface area contributed by atoms with E-state index in [0.717, 1.165) is 22.1 Å². The fourth-order valence-corrected chi connectivity index (χ4v) is 6.35. The average Bonchev–Trinajstić information content (AvgIpc) is 3.34. The van der Waals surface area contributed by atoms with Crippen molar-refractivity contribution in [1.82, 2.24) is 23.9 Å². The molecule has 0 saturated carbocycles. The van der Waals surface area contributed by atoms with Crippen molar-refractivity contribution in [2.75, 3.05) is 31.1 Å². The highest BCUT2D eigenvalue weighted by Gasteiger charge is 2.30. The molecule has 1 aliphatic rings. The maximum absolute atomic E-state index is 13.2. The molecule has 0 N–H and O–H groups in total. The predicted octanol–water partition coefficient (Wildman–Crippen LogP) is 4.73. The molecule has 0 bridgehead atoms. The van der Waals surface area contributed by atoms with Crippen LogP contribution in [-0.4, -0.2) is 58.5 Å². The Balaban J connectivity index is 1.41. The van der Waals surface area contributed by atoms with Crippen LogP contribution in [0.15, 0.2) is 71.6 Å². The Morgan fingerprint density at radius 3 is 2.32 bits per heavy atom. The summed E-state index contributed by atoms with van der Waals surface area (Å²) in [7, 11) is -3.57. The second-order valence-corrected chi connectivity index (χ2v) is 11.7. The zero-order chi connectivity index (χ0) is 25.7. The number of rotatable bonds is 4. The maximum atomic E-state index is 13.2. The highest BCUT2D eigenvalue weighted by molar-refractivity contribution is 7.89. The molecule has 0 aliphatic carbocycles. The van der Waals surface area contributed by atoms with Gasteiger partial charge in [0.25, 0.3) is 0 Å². The van der Waals surface area contributed by atoms with Crippen molar-refractivity contribution in [1.29, 1.82) is 0 Å². The molecule has 0 radical (unpaired) electrons. The topological polar surface area (TPSA) is 83.7 Å². The number of benzene rings is 3. The van der Waals surface area contributed by atoms with Crippen molar-refractivity contribution in [2.45, 2.75) is 18.7 Å². The Kier molecular flexibility index (Phi) is 5.86. The lowest BCUT2D eigenvalue weighted by molar-refractivity contribution is 0.382. The van der Waals surface area contributed by atoms with Gasteiger partial charge in [-0.15, -0.1) is 10.2 Å². The molecular formula is C27H25ClN6O2S. The quantitative estimate of drug-likeness (QED) is 0.333. The number of aryl methyl sites for hydroxylation is 2. The Labute approximate surface area is 220 Å². The highest BCUT2D eigenvalue weighted by atomic mass is 35.5. The van der Waals surface area contributed by atoms with E-state index in [-0.39, 0.29) is 0 Å². The van der Waals surface area contributed by atoms with E-state index in [1.807, 2.05) is 66.8 Å². The first-order valence-electron chi connectivity index (χ1n) is 12.0. The molecule has 5 aromatic rings. The van der Waals surface area contributed by atoms with E-state index in [2.05, 4.69) is 21.2 Å². The summed E-state index contributed by atoms with van der Waals surface area (Å²) in [5.74, 6) is 1.35. The first-order valence-corrected chi connectivity index (χ1v) is 13.9. The zero-order valence-electron chi connectivity index (χ0n) is 20.5. The van der Waals surface area contributed by atoms with Crippen LogP contribution < -0.4 is 4.90 Å². The van der Waals surface area contributed by atoms with Gasteiger partial charge in [0.05, 0.1) is 10.4 Å². The molecule has 3 heterocycles. The molecule has 3 aromatic carbocycles. The Hall–Kier alpha value is -3.53. The lowest BCUT2D eigenvalue weighted by Gasteiger charge is -2.35. The maximum Gasteiger partial charge on any atom is 0.243 e. The van der Waals surface area contributed by atoms with Gasteiger partial charge in [-0.2, -0.15) is 4.31 Å². The van der Waals surface area contributed by atoms with E-state index >= 15 is 0 Å². The molecule has 8 nitrogen and oxygen atoms in total.